The normalized spacial score (nSPS) is 24.6. The van der Waals surface area contributed by atoms with Gasteiger partial charge in [0.1, 0.15) is 5.69 Å². The van der Waals surface area contributed by atoms with E-state index in [9.17, 15) is 4.79 Å². The van der Waals surface area contributed by atoms with Crippen LogP contribution in [-0.4, -0.2) is 51.9 Å². The summed E-state index contributed by atoms with van der Waals surface area (Å²) in [7, 11) is 0. The maximum absolute atomic E-state index is 12.7. The van der Waals surface area contributed by atoms with Gasteiger partial charge in [0.05, 0.1) is 18.7 Å². The number of carbonyl (C=O) groups excluding carboxylic acids is 1. The van der Waals surface area contributed by atoms with Gasteiger partial charge in [0.25, 0.3) is 5.91 Å². The molecule has 126 valence electrons. The van der Waals surface area contributed by atoms with Crippen molar-refractivity contribution in [3.63, 3.8) is 0 Å². The smallest absolute Gasteiger partial charge is 0.274 e. The van der Waals surface area contributed by atoms with Crippen molar-refractivity contribution in [3.8, 4) is 0 Å². The lowest BCUT2D eigenvalue weighted by Gasteiger charge is -2.40. The molecule has 6 nitrogen and oxygen atoms in total. The second-order valence-corrected chi connectivity index (χ2v) is 7.01. The standard InChI is InChI=1S/C18H22N4O2/c23-17(16-10-19-5-6-20-16)22-7-1-3-18(14-22)4-8-21(13-18)11-15-2-9-24-12-15/h2,5-6,9-10,12H,1,3-4,7-8,11,13-14H2/t18-/m0/s1. The first-order chi connectivity index (χ1) is 11.7. The van der Waals surface area contributed by atoms with E-state index in [1.165, 1.54) is 12.0 Å². The molecule has 1 spiro atoms. The molecule has 24 heavy (non-hydrogen) atoms. The number of rotatable bonds is 3. The van der Waals surface area contributed by atoms with Gasteiger partial charge in [-0.05, 0) is 31.9 Å². The van der Waals surface area contributed by atoms with Gasteiger partial charge in [-0.25, -0.2) is 4.98 Å². The number of carbonyl (C=O) groups is 1. The van der Waals surface area contributed by atoms with E-state index in [0.29, 0.717) is 5.69 Å². The predicted octanol–water partition coefficient (Wildman–Crippen LogP) is 2.20. The largest absolute Gasteiger partial charge is 0.472 e. The fourth-order valence-corrected chi connectivity index (χ4v) is 4.09. The minimum Gasteiger partial charge on any atom is -0.472 e. The highest BCUT2D eigenvalue weighted by Gasteiger charge is 2.42. The number of piperidine rings is 1. The van der Waals surface area contributed by atoms with Crippen LogP contribution in [-0.2, 0) is 6.54 Å². The van der Waals surface area contributed by atoms with Crippen molar-refractivity contribution in [2.45, 2.75) is 25.8 Å². The van der Waals surface area contributed by atoms with Gasteiger partial charge >= 0.3 is 0 Å². The molecule has 2 aromatic heterocycles. The molecule has 1 atom stereocenters. The van der Waals surface area contributed by atoms with Crippen molar-refractivity contribution in [1.82, 2.24) is 19.8 Å². The van der Waals surface area contributed by atoms with Crippen molar-refractivity contribution < 1.29 is 9.21 Å². The molecule has 2 fully saturated rings. The second kappa shape index (κ2) is 6.36. The molecule has 2 saturated heterocycles. The van der Waals surface area contributed by atoms with Crippen LogP contribution in [0.15, 0.2) is 41.6 Å². The minimum absolute atomic E-state index is 0.00968. The van der Waals surface area contributed by atoms with E-state index in [1.54, 1.807) is 24.9 Å². The zero-order chi connectivity index (χ0) is 16.4. The number of nitrogens with zero attached hydrogens (tertiary/aromatic N) is 4. The van der Waals surface area contributed by atoms with E-state index in [-0.39, 0.29) is 11.3 Å². The van der Waals surface area contributed by atoms with Crippen LogP contribution in [0.4, 0.5) is 0 Å². The van der Waals surface area contributed by atoms with Crippen molar-refractivity contribution >= 4 is 5.91 Å². The lowest BCUT2D eigenvalue weighted by molar-refractivity contribution is 0.0521. The van der Waals surface area contributed by atoms with Crippen LogP contribution in [0.2, 0.25) is 0 Å². The Kier molecular flexibility index (Phi) is 4.06. The lowest BCUT2D eigenvalue weighted by Crippen LogP contribution is -2.47. The maximum atomic E-state index is 12.7. The predicted molar refractivity (Wildman–Crippen MR) is 88.2 cm³/mol. The minimum atomic E-state index is 0.00968. The van der Waals surface area contributed by atoms with Crippen LogP contribution < -0.4 is 0 Å². The van der Waals surface area contributed by atoms with Crippen LogP contribution >= 0.6 is 0 Å². The van der Waals surface area contributed by atoms with Gasteiger partial charge in [-0.3, -0.25) is 14.7 Å². The number of amides is 1. The molecular weight excluding hydrogens is 304 g/mol. The topological polar surface area (TPSA) is 62.5 Å². The van der Waals surface area contributed by atoms with E-state index in [1.807, 2.05) is 17.2 Å². The van der Waals surface area contributed by atoms with Gasteiger partial charge in [-0.1, -0.05) is 0 Å². The number of hydrogen-bond acceptors (Lipinski definition) is 5. The average molecular weight is 326 g/mol. The molecule has 0 radical (unpaired) electrons. The van der Waals surface area contributed by atoms with Crippen LogP contribution in [0.1, 0.15) is 35.3 Å². The number of likely N-dealkylation sites (tertiary alicyclic amines) is 2. The zero-order valence-corrected chi connectivity index (χ0v) is 13.7. The van der Waals surface area contributed by atoms with E-state index in [0.717, 1.165) is 45.6 Å². The molecule has 2 aromatic rings. The van der Waals surface area contributed by atoms with E-state index < -0.39 is 0 Å². The van der Waals surface area contributed by atoms with Crippen LogP contribution in [0.5, 0.6) is 0 Å². The summed E-state index contributed by atoms with van der Waals surface area (Å²) in [6.07, 6.45) is 11.7. The van der Waals surface area contributed by atoms with E-state index in [2.05, 4.69) is 14.9 Å². The van der Waals surface area contributed by atoms with E-state index in [4.69, 9.17) is 4.42 Å². The Bertz CT molecular complexity index is 688. The molecule has 0 saturated carbocycles. The molecule has 2 aliphatic rings. The molecule has 0 N–H and O–H groups in total. The molecular formula is C18H22N4O2. The summed E-state index contributed by atoms with van der Waals surface area (Å²) >= 11 is 0. The van der Waals surface area contributed by atoms with E-state index >= 15 is 0 Å². The first-order valence-corrected chi connectivity index (χ1v) is 8.53. The van der Waals surface area contributed by atoms with Crippen LogP contribution in [0.25, 0.3) is 0 Å². The van der Waals surface area contributed by atoms with Crippen molar-refractivity contribution in [3.05, 3.63) is 48.4 Å². The number of aromatic nitrogens is 2. The third kappa shape index (κ3) is 3.06. The lowest BCUT2D eigenvalue weighted by atomic mass is 9.79. The van der Waals surface area contributed by atoms with Crippen LogP contribution in [0.3, 0.4) is 0 Å². The Morgan fingerprint density at radius 2 is 2.21 bits per heavy atom. The summed E-state index contributed by atoms with van der Waals surface area (Å²) in [5.41, 5.74) is 1.89. The third-order valence-electron chi connectivity index (χ3n) is 5.23. The highest BCUT2D eigenvalue weighted by atomic mass is 16.3. The van der Waals surface area contributed by atoms with Crippen LogP contribution in [0, 0.1) is 5.41 Å². The fraction of sp³-hybridized carbons (Fsp3) is 0.500. The van der Waals surface area contributed by atoms with Gasteiger partial charge < -0.3 is 9.32 Å². The molecule has 0 unspecified atom stereocenters. The summed E-state index contributed by atoms with van der Waals surface area (Å²) in [6, 6.07) is 2.02. The Hall–Kier alpha value is -2.21. The van der Waals surface area contributed by atoms with Crippen molar-refractivity contribution in [2.24, 2.45) is 5.41 Å². The summed E-state index contributed by atoms with van der Waals surface area (Å²) in [5, 5.41) is 0. The molecule has 4 rings (SSSR count). The van der Waals surface area contributed by atoms with Gasteiger partial charge in [0, 0.05) is 49.6 Å². The Morgan fingerprint density at radius 3 is 3.00 bits per heavy atom. The zero-order valence-electron chi connectivity index (χ0n) is 13.7. The Labute approximate surface area is 141 Å². The quantitative estimate of drug-likeness (QED) is 0.865. The van der Waals surface area contributed by atoms with Crippen molar-refractivity contribution in [1.29, 1.82) is 0 Å². The summed E-state index contributed by atoms with van der Waals surface area (Å²) in [4.78, 5) is 25.3. The number of hydrogen-bond donors (Lipinski definition) is 0. The molecule has 0 aromatic carbocycles. The highest BCUT2D eigenvalue weighted by Crippen LogP contribution is 2.39. The van der Waals surface area contributed by atoms with Gasteiger partial charge in [0.2, 0.25) is 0 Å². The summed E-state index contributed by atoms with van der Waals surface area (Å²) in [5.74, 6) is 0.00968. The van der Waals surface area contributed by atoms with Gasteiger partial charge in [-0.15, -0.1) is 0 Å². The molecule has 6 heteroatoms. The average Bonchev–Trinajstić information content (AvgIpc) is 3.26. The molecule has 2 aliphatic heterocycles. The molecule has 4 heterocycles. The molecule has 0 aliphatic carbocycles. The maximum Gasteiger partial charge on any atom is 0.274 e. The summed E-state index contributed by atoms with van der Waals surface area (Å²) in [6.45, 7) is 4.69. The number of furan rings is 1. The Morgan fingerprint density at radius 1 is 1.25 bits per heavy atom. The fourth-order valence-electron chi connectivity index (χ4n) is 4.09. The van der Waals surface area contributed by atoms with Gasteiger partial charge in [-0.2, -0.15) is 0 Å². The third-order valence-corrected chi connectivity index (χ3v) is 5.23. The molecule has 0 bridgehead atoms. The van der Waals surface area contributed by atoms with Crippen molar-refractivity contribution in [2.75, 3.05) is 26.2 Å². The molecule has 1 amide bonds. The first kappa shape index (κ1) is 15.3. The monoisotopic (exact) mass is 326 g/mol. The second-order valence-electron chi connectivity index (χ2n) is 7.01. The summed E-state index contributed by atoms with van der Waals surface area (Å²) < 4.78 is 5.17. The Balaban J connectivity index is 1.42. The first-order valence-electron chi connectivity index (χ1n) is 8.53. The SMILES string of the molecule is O=C(c1cnccn1)N1CCC[C@@]2(CCN(Cc3ccoc3)C2)C1. The highest BCUT2D eigenvalue weighted by molar-refractivity contribution is 5.92. The van der Waals surface area contributed by atoms with Gasteiger partial charge in [0.15, 0.2) is 0 Å².